The number of carbonyl (C=O) groups excluding carboxylic acids is 1. The van der Waals surface area contributed by atoms with Gasteiger partial charge < -0.3 is 9.30 Å². The van der Waals surface area contributed by atoms with Crippen molar-refractivity contribution in [3.8, 4) is 11.4 Å². The highest BCUT2D eigenvalue weighted by molar-refractivity contribution is 8.00. The smallest absolute Gasteiger partial charge is 0.323 e. The van der Waals surface area contributed by atoms with Gasteiger partial charge in [0.05, 0.1) is 7.11 Å². The molecular weight excluding hydrogens is 298 g/mol. The Balaban J connectivity index is 2.34. The number of thioether (sulfide) groups is 1. The number of methoxy groups -OCH3 is 1. The third kappa shape index (κ3) is 3.22. The molecule has 0 saturated heterocycles. The molecular formula is C16H19N3O2S. The molecule has 1 aromatic carbocycles. The van der Waals surface area contributed by atoms with E-state index in [-0.39, 0.29) is 5.97 Å². The van der Waals surface area contributed by atoms with Crippen LogP contribution >= 0.6 is 11.8 Å². The van der Waals surface area contributed by atoms with Gasteiger partial charge in [0, 0.05) is 12.6 Å². The van der Waals surface area contributed by atoms with E-state index in [2.05, 4.69) is 16.8 Å². The van der Waals surface area contributed by atoms with E-state index in [1.54, 1.807) is 6.92 Å². The van der Waals surface area contributed by atoms with Crippen molar-refractivity contribution in [3.05, 3.63) is 42.0 Å². The summed E-state index contributed by atoms with van der Waals surface area (Å²) in [5.74, 6) is 0.434. The molecule has 5 nitrogen and oxygen atoms in total. The van der Waals surface area contributed by atoms with Crippen LogP contribution in [0.5, 0.6) is 0 Å². The second-order valence-corrected chi connectivity index (χ2v) is 6.12. The molecule has 0 aliphatic rings. The molecule has 0 N–H and O–H groups in total. The van der Waals surface area contributed by atoms with Crippen molar-refractivity contribution >= 4 is 17.7 Å². The minimum absolute atomic E-state index is 0.335. The number of nitrogens with zero attached hydrogens (tertiary/aromatic N) is 3. The molecule has 6 heteroatoms. The van der Waals surface area contributed by atoms with Gasteiger partial charge >= 0.3 is 5.97 Å². The summed E-state index contributed by atoms with van der Waals surface area (Å²) < 4.78 is 6.70. The van der Waals surface area contributed by atoms with Gasteiger partial charge in [-0.3, -0.25) is 4.79 Å². The lowest BCUT2D eigenvalue weighted by atomic mass is 10.1. The van der Waals surface area contributed by atoms with E-state index in [1.165, 1.54) is 18.9 Å². The molecule has 0 fully saturated rings. The minimum atomic E-state index is -0.488. The highest BCUT2D eigenvalue weighted by Gasteiger charge is 2.24. The lowest BCUT2D eigenvalue weighted by Gasteiger charge is -2.13. The molecule has 0 bridgehead atoms. The zero-order chi connectivity index (χ0) is 16.3. The van der Waals surface area contributed by atoms with Crippen LogP contribution in [0.15, 0.2) is 41.6 Å². The lowest BCUT2D eigenvalue weighted by molar-refractivity contribution is -0.139. The maximum Gasteiger partial charge on any atom is 0.323 e. The topological polar surface area (TPSA) is 57.0 Å². The Morgan fingerprint density at radius 3 is 2.64 bits per heavy atom. The van der Waals surface area contributed by atoms with E-state index in [1.807, 2.05) is 42.8 Å². The first-order valence-corrected chi connectivity index (χ1v) is 7.69. The van der Waals surface area contributed by atoms with Crippen molar-refractivity contribution < 1.29 is 9.53 Å². The molecule has 0 saturated carbocycles. The Bertz CT molecular complexity index is 709. The summed E-state index contributed by atoms with van der Waals surface area (Å²) in [4.78, 5) is 11.8. The Kier molecular flexibility index (Phi) is 5.03. The fourth-order valence-corrected chi connectivity index (χ4v) is 2.98. The standard InChI is InChI=1S/C16H19N3O2S/c1-10(2)13(15(20)21-5)22-16-18-17-14(19(16)4)12-9-7-6-8-11(12)3/h6-9,13H,1H2,2-5H3. The van der Waals surface area contributed by atoms with Crippen molar-refractivity contribution in [3.63, 3.8) is 0 Å². The molecule has 22 heavy (non-hydrogen) atoms. The summed E-state index contributed by atoms with van der Waals surface area (Å²) in [6.07, 6.45) is 0. The average molecular weight is 317 g/mol. The number of carbonyl (C=O) groups is 1. The van der Waals surface area contributed by atoms with E-state index in [0.29, 0.717) is 5.16 Å². The van der Waals surface area contributed by atoms with Crippen molar-refractivity contribution in [1.29, 1.82) is 0 Å². The predicted molar refractivity (Wildman–Crippen MR) is 87.7 cm³/mol. The Morgan fingerprint density at radius 2 is 2.05 bits per heavy atom. The van der Waals surface area contributed by atoms with Crippen LogP contribution in [0, 0.1) is 6.92 Å². The van der Waals surface area contributed by atoms with E-state index in [9.17, 15) is 4.79 Å². The van der Waals surface area contributed by atoms with Gasteiger partial charge in [-0.25, -0.2) is 0 Å². The normalized spacial score (nSPS) is 12.0. The van der Waals surface area contributed by atoms with Gasteiger partial charge in [0.2, 0.25) is 0 Å². The molecule has 1 atom stereocenters. The van der Waals surface area contributed by atoms with Gasteiger partial charge in [0.1, 0.15) is 5.25 Å². The molecule has 116 valence electrons. The van der Waals surface area contributed by atoms with Crippen LogP contribution in [0.1, 0.15) is 12.5 Å². The number of aryl methyl sites for hydroxylation is 1. The molecule has 0 amide bonds. The van der Waals surface area contributed by atoms with Crippen LogP contribution in [-0.2, 0) is 16.6 Å². The number of esters is 1. The number of rotatable bonds is 5. The summed E-state index contributed by atoms with van der Waals surface area (Å²) in [7, 11) is 3.26. The minimum Gasteiger partial charge on any atom is -0.468 e. The van der Waals surface area contributed by atoms with Crippen LogP contribution in [-0.4, -0.2) is 33.1 Å². The van der Waals surface area contributed by atoms with Crippen molar-refractivity contribution in [1.82, 2.24) is 14.8 Å². The van der Waals surface area contributed by atoms with Gasteiger partial charge in [0.15, 0.2) is 11.0 Å². The molecule has 0 aliphatic carbocycles. The lowest BCUT2D eigenvalue weighted by Crippen LogP contribution is -2.20. The molecule has 2 rings (SSSR count). The third-order valence-electron chi connectivity index (χ3n) is 3.31. The summed E-state index contributed by atoms with van der Waals surface area (Å²) in [6.45, 7) is 7.68. The fraction of sp³-hybridized carbons (Fsp3) is 0.312. The van der Waals surface area contributed by atoms with Gasteiger partial charge in [0.25, 0.3) is 0 Å². The molecule has 0 spiro atoms. The van der Waals surface area contributed by atoms with Crippen molar-refractivity contribution in [2.24, 2.45) is 7.05 Å². The van der Waals surface area contributed by atoms with E-state index >= 15 is 0 Å². The van der Waals surface area contributed by atoms with Crippen LogP contribution < -0.4 is 0 Å². The first-order chi connectivity index (χ1) is 10.5. The van der Waals surface area contributed by atoms with E-state index in [4.69, 9.17) is 4.74 Å². The van der Waals surface area contributed by atoms with E-state index in [0.717, 1.165) is 22.5 Å². The third-order valence-corrected chi connectivity index (χ3v) is 4.70. The predicted octanol–water partition coefficient (Wildman–Crippen LogP) is 3.00. The summed E-state index contributed by atoms with van der Waals surface area (Å²) in [6, 6.07) is 7.99. The zero-order valence-electron chi connectivity index (χ0n) is 13.2. The van der Waals surface area contributed by atoms with Gasteiger partial charge in [-0.05, 0) is 19.4 Å². The first kappa shape index (κ1) is 16.3. The number of hydrogen-bond donors (Lipinski definition) is 0. The highest BCUT2D eigenvalue weighted by atomic mass is 32.2. The average Bonchev–Trinajstić information content (AvgIpc) is 2.85. The molecule has 0 radical (unpaired) electrons. The number of benzene rings is 1. The van der Waals surface area contributed by atoms with Gasteiger partial charge in [-0.15, -0.1) is 10.2 Å². The monoisotopic (exact) mass is 317 g/mol. The Labute approximate surface area is 134 Å². The second-order valence-electron chi connectivity index (χ2n) is 5.05. The van der Waals surface area contributed by atoms with Gasteiger partial charge in [-0.1, -0.05) is 48.2 Å². The van der Waals surface area contributed by atoms with Crippen molar-refractivity contribution in [2.75, 3.05) is 7.11 Å². The molecule has 1 aromatic heterocycles. The van der Waals surface area contributed by atoms with E-state index < -0.39 is 5.25 Å². The summed E-state index contributed by atoms with van der Waals surface area (Å²) in [5.41, 5.74) is 2.87. The van der Waals surface area contributed by atoms with Crippen LogP contribution in [0.2, 0.25) is 0 Å². The fourth-order valence-electron chi connectivity index (χ4n) is 2.04. The number of aromatic nitrogens is 3. The quantitative estimate of drug-likeness (QED) is 0.482. The second kappa shape index (κ2) is 6.79. The van der Waals surface area contributed by atoms with Crippen LogP contribution in [0.3, 0.4) is 0 Å². The first-order valence-electron chi connectivity index (χ1n) is 6.81. The molecule has 1 heterocycles. The highest BCUT2D eigenvalue weighted by Crippen LogP contribution is 2.30. The number of ether oxygens (including phenoxy) is 1. The Morgan fingerprint density at radius 1 is 1.36 bits per heavy atom. The zero-order valence-corrected chi connectivity index (χ0v) is 14.0. The maximum absolute atomic E-state index is 11.8. The molecule has 0 aliphatic heterocycles. The Hall–Kier alpha value is -2.08. The summed E-state index contributed by atoms with van der Waals surface area (Å²) in [5, 5.41) is 8.62. The maximum atomic E-state index is 11.8. The largest absolute Gasteiger partial charge is 0.468 e. The van der Waals surface area contributed by atoms with Crippen LogP contribution in [0.4, 0.5) is 0 Å². The summed E-state index contributed by atoms with van der Waals surface area (Å²) >= 11 is 1.29. The SMILES string of the molecule is C=C(C)C(Sc1nnc(-c2ccccc2C)n1C)C(=O)OC. The molecule has 2 aromatic rings. The van der Waals surface area contributed by atoms with Crippen LogP contribution in [0.25, 0.3) is 11.4 Å². The van der Waals surface area contributed by atoms with Crippen molar-refractivity contribution in [2.45, 2.75) is 24.3 Å². The molecule has 1 unspecified atom stereocenters. The van der Waals surface area contributed by atoms with Gasteiger partial charge in [-0.2, -0.15) is 0 Å². The number of hydrogen-bond acceptors (Lipinski definition) is 5.